The Kier molecular flexibility index (Phi) is 4.03. The predicted molar refractivity (Wildman–Crippen MR) is 63.1 cm³/mol. The van der Waals surface area contributed by atoms with Gasteiger partial charge in [-0.3, -0.25) is 10.1 Å². The summed E-state index contributed by atoms with van der Waals surface area (Å²) >= 11 is 0. The highest BCUT2D eigenvalue weighted by Crippen LogP contribution is 2.32. The van der Waals surface area contributed by atoms with Gasteiger partial charge in [-0.15, -0.1) is 0 Å². The van der Waals surface area contributed by atoms with Crippen LogP contribution in [0.15, 0.2) is 18.2 Å². The molecule has 0 spiro atoms. The molecule has 0 aliphatic rings. The van der Waals surface area contributed by atoms with E-state index in [-0.39, 0.29) is 24.6 Å². The number of hydrogen-bond donors (Lipinski definition) is 2. The average Bonchev–Trinajstić information content (AvgIpc) is 2.36. The van der Waals surface area contributed by atoms with Crippen LogP contribution in [0.1, 0.15) is 12.5 Å². The number of rotatable bonds is 5. The first-order valence-electron chi connectivity index (χ1n) is 5.12. The normalized spacial score (nSPS) is 14.1. The van der Waals surface area contributed by atoms with Crippen LogP contribution in [0.4, 0.5) is 5.69 Å². The van der Waals surface area contributed by atoms with Crippen molar-refractivity contribution in [3.63, 3.8) is 0 Å². The van der Waals surface area contributed by atoms with Gasteiger partial charge in [0.25, 0.3) is 0 Å². The Hall–Kier alpha value is -1.66. The second-order valence-electron chi connectivity index (χ2n) is 4.07. The summed E-state index contributed by atoms with van der Waals surface area (Å²) in [6, 6.07) is 4.49. The molecule has 6 heteroatoms. The summed E-state index contributed by atoms with van der Waals surface area (Å²) < 4.78 is 4.97. The second kappa shape index (κ2) is 5.11. The maximum atomic E-state index is 10.7. The Bertz CT molecular complexity index is 416. The van der Waals surface area contributed by atoms with E-state index in [4.69, 9.17) is 10.5 Å². The van der Waals surface area contributed by atoms with Crippen LogP contribution in [0.2, 0.25) is 0 Å². The van der Waals surface area contributed by atoms with E-state index in [1.165, 1.54) is 13.2 Å². The third-order valence-electron chi connectivity index (χ3n) is 2.87. The number of benzene rings is 1. The first kappa shape index (κ1) is 13.4. The third-order valence-corrected chi connectivity index (χ3v) is 2.87. The van der Waals surface area contributed by atoms with Gasteiger partial charge in [-0.1, -0.05) is 13.0 Å². The van der Waals surface area contributed by atoms with Gasteiger partial charge in [-0.25, -0.2) is 0 Å². The number of nitrogens with two attached hydrogens (primary N) is 1. The van der Waals surface area contributed by atoms with Crippen LogP contribution >= 0.6 is 0 Å². The van der Waals surface area contributed by atoms with Gasteiger partial charge >= 0.3 is 5.69 Å². The molecule has 1 unspecified atom stereocenters. The number of aliphatic hydroxyl groups is 1. The number of methoxy groups -OCH3 is 1. The van der Waals surface area contributed by atoms with Gasteiger partial charge < -0.3 is 15.6 Å². The fourth-order valence-corrected chi connectivity index (χ4v) is 1.48. The molecule has 0 aliphatic carbocycles. The van der Waals surface area contributed by atoms with E-state index in [0.717, 1.165) is 0 Å². The summed E-state index contributed by atoms with van der Waals surface area (Å²) in [5.41, 5.74) is 5.59. The number of aliphatic hydroxyl groups excluding tert-OH is 1. The van der Waals surface area contributed by atoms with E-state index in [0.29, 0.717) is 5.56 Å². The molecule has 0 aliphatic heterocycles. The Morgan fingerprint density at radius 1 is 1.59 bits per heavy atom. The van der Waals surface area contributed by atoms with Gasteiger partial charge in [-0.2, -0.15) is 0 Å². The minimum atomic E-state index is -0.623. The van der Waals surface area contributed by atoms with Crippen LogP contribution in [0, 0.1) is 10.1 Å². The van der Waals surface area contributed by atoms with Gasteiger partial charge in [-0.05, 0) is 11.6 Å². The number of ether oxygens (including phenoxy) is 1. The Morgan fingerprint density at radius 3 is 2.65 bits per heavy atom. The van der Waals surface area contributed by atoms with E-state index < -0.39 is 10.3 Å². The number of nitro benzene ring substituents is 1. The van der Waals surface area contributed by atoms with Gasteiger partial charge in [0.1, 0.15) is 0 Å². The van der Waals surface area contributed by atoms with E-state index in [9.17, 15) is 15.2 Å². The Labute approximate surface area is 99.2 Å². The molecule has 0 saturated heterocycles. The van der Waals surface area contributed by atoms with Gasteiger partial charge in [0.15, 0.2) is 5.75 Å². The summed E-state index contributed by atoms with van der Waals surface area (Å²) in [5, 5.41) is 20.1. The van der Waals surface area contributed by atoms with Crippen molar-refractivity contribution in [2.24, 2.45) is 5.73 Å². The highest BCUT2D eigenvalue weighted by atomic mass is 16.6. The number of nitro groups is 1. The molecular formula is C11H16N2O4. The van der Waals surface area contributed by atoms with Crippen molar-refractivity contribution in [3.05, 3.63) is 33.9 Å². The van der Waals surface area contributed by atoms with Crippen LogP contribution in [0.5, 0.6) is 5.75 Å². The molecule has 0 amide bonds. The monoisotopic (exact) mass is 240 g/mol. The largest absolute Gasteiger partial charge is 0.490 e. The lowest BCUT2D eigenvalue weighted by Gasteiger charge is -2.26. The first-order valence-corrected chi connectivity index (χ1v) is 5.12. The van der Waals surface area contributed by atoms with Crippen LogP contribution < -0.4 is 10.5 Å². The lowest BCUT2D eigenvalue weighted by atomic mass is 9.83. The Balaban J connectivity index is 3.26. The third kappa shape index (κ3) is 2.54. The van der Waals surface area contributed by atoms with Crippen LogP contribution in [0.3, 0.4) is 0 Å². The average molecular weight is 240 g/mol. The van der Waals surface area contributed by atoms with Crippen molar-refractivity contribution >= 4 is 5.69 Å². The van der Waals surface area contributed by atoms with E-state index in [1.54, 1.807) is 19.1 Å². The smallest absolute Gasteiger partial charge is 0.310 e. The molecule has 0 heterocycles. The molecule has 1 aromatic rings. The number of nitrogens with zero attached hydrogens (tertiary/aromatic N) is 1. The zero-order valence-corrected chi connectivity index (χ0v) is 9.84. The fraction of sp³-hybridized carbons (Fsp3) is 0.455. The topological polar surface area (TPSA) is 98.6 Å². The summed E-state index contributed by atoms with van der Waals surface area (Å²) in [5.74, 6) is 0.167. The number of hydrogen-bond acceptors (Lipinski definition) is 5. The highest BCUT2D eigenvalue weighted by molar-refractivity contribution is 5.50. The molecule has 6 nitrogen and oxygen atoms in total. The van der Waals surface area contributed by atoms with Crippen molar-refractivity contribution < 1.29 is 14.8 Å². The first-order chi connectivity index (χ1) is 7.98. The maximum Gasteiger partial charge on any atom is 0.310 e. The zero-order chi connectivity index (χ0) is 13.1. The van der Waals surface area contributed by atoms with Gasteiger partial charge in [0, 0.05) is 18.0 Å². The lowest BCUT2D eigenvalue weighted by molar-refractivity contribution is -0.385. The fourth-order valence-electron chi connectivity index (χ4n) is 1.48. The molecule has 0 radical (unpaired) electrons. The van der Waals surface area contributed by atoms with Gasteiger partial charge in [0.2, 0.25) is 0 Å². The molecule has 3 N–H and O–H groups in total. The molecule has 94 valence electrons. The molecular weight excluding hydrogens is 224 g/mol. The molecule has 0 fully saturated rings. The molecule has 1 aromatic carbocycles. The SMILES string of the molecule is COc1cc(C(C)(CN)CO)ccc1[N+](=O)[O-]. The van der Waals surface area contributed by atoms with Crippen molar-refractivity contribution in [1.82, 2.24) is 0 Å². The molecule has 1 rings (SSSR count). The van der Waals surface area contributed by atoms with E-state index >= 15 is 0 Å². The molecule has 0 bridgehead atoms. The van der Waals surface area contributed by atoms with Crippen molar-refractivity contribution in [3.8, 4) is 5.75 Å². The molecule has 0 saturated carbocycles. The molecule has 1 atom stereocenters. The van der Waals surface area contributed by atoms with Crippen LogP contribution in [0.25, 0.3) is 0 Å². The summed E-state index contributed by atoms with van der Waals surface area (Å²) in [6.45, 7) is 1.89. The van der Waals surface area contributed by atoms with Crippen LogP contribution in [-0.4, -0.2) is 30.3 Å². The lowest BCUT2D eigenvalue weighted by Crippen LogP contribution is -2.35. The summed E-state index contributed by atoms with van der Waals surface area (Å²) in [7, 11) is 1.37. The van der Waals surface area contributed by atoms with Crippen molar-refractivity contribution in [1.29, 1.82) is 0 Å². The van der Waals surface area contributed by atoms with Crippen molar-refractivity contribution in [2.45, 2.75) is 12.3 Å². The van der Waals surface area contributed by atoms with Gasteiger partial charge in [0.05, 0.1) is 18.6 Å². The minimum Gasteiger partial charge on any atom is -0.490 e. The molecule has 17 heavy (non-hydrogen) atoms. The quantitative estimate of drug-likeness (QED) is 0.586. The van der Waals surface area contributed by atoms with E-state index in [1.807, 2.05) is 0 Å². The summed E-state index contributed by atoms with van der Waals surface area (Å²) in [4.78, 5) is 10.2. The highest BCUT2D eigenvalue weighted by Gasteiger charge is 2.27. The van der Waals surface area contributed by atoms with Crippen LogP contribution in [-0.2, 0) is 5.41 Å². The summed E-state index contributed by atoms with van der Waals surface area (Å²) in [6.07, 6.45) is 0. The van der Waals surface area contributed by atoms with Crippen molar-refractivity contribution in [2.75, 3.05) is 20.3 Å². The second-order valence-corrected chi connectivity index (χ2v) is 4.07. The maximum absolute atomic E-state index is 10.7. The minimum absolute atomic E-state index is 0.103. The van der Waals surface area contributed by atoms with E-state index in [2.05, 4.69) is 0 Å². The Morgan fingerprint density at radius 2 is 2.24 bits per heavy atom. The molecule has 0 aromatic heterocycles. The zero-order valence-electron chi connectivity index (χ0n) is 9.84. The predicted octanol–water partition coefficient (Wildman–Crippen LogP) is 0.812. The standard InChI is InChI=1S/C11H16N2O4/c1-11(6-12,7-14)8-3-4-9(13(15)16)10(5-8)17-2/h3-5,14H,6-7,12H2,1-2H3.